The summed E-state index contributed by atoms with van der Waals surface area (Å²) in [6, 6.07) is 15.1. The van der Waals surface area contributed by atoms with Gasteiger partial charge in [-0.2, -0.15) is 5.26 Å². The molecular weight excluding hydrogens is 272 g/mol. The molecule has 0 aromatic heterocycles. The van der Waals surface area contributed by atoms with Crippen molar-refractivity contribution in [1.29, 1.82) is 5.26 Å². The van der Waals surface area contributed by atoms with Crippen LogP contribution in [0.3, 0.4) is 0 Å². The molecule has 0 aliphatic heterocycles. The van der Waals surface area contributed by atoms with Gasteiger partial charge in [0.1, 0.15) is 5.75 Å². The van der Waals surface area contributed by atoms with Gasteiger partial charge in [-0.05, 0) is 31.2 Å². The Bertz CT molecular complexity index is 635. The second kappa shape index (κ2) is 6.83. The van der Waals surface area contributed by atoms with Gasteiger partial charge in [0.25, 0.3) is 0 Å². The van der Waals surface area contributed by atoms with Gasteiger partial charge >= 0.3 is 0 Å². The molecule has 102 valence electrons. The van der Waals surface area contributed by atoms with Crippen LogP contribution in [0.15, 0.2) is 42.5 Å². The number of para-hydroxylation sites is 1. The van der Waals surface area contributed by atoms with Gasteiger partial charge in [0.15, 0.2) is 0 Å². The van der Waals surface area contributed by atoms with Gasteiger partial charge in [0, 0.05) is 12.1 Å². The number of hydrogen-bond acceptors (Lipinski definition) is 3. The first-order valence-corrected chi connectivity index (χ1v) is 6.76. The average molecular weight is 287 g/mol. The SMILES string of the molecule is CCOc1ccccc1CNc1ccc(C#N)cc1Cl. The fourth-order valence-electron chi connectivity index (χ4n) is 1.86. The first-order valence-electron chi connectivity index (χ1n) is 6.38. The Hall–Kier alpha value is -2.18. The number of nitrogens with one attached hydrogen (secondary N) is 1. The van der Waals surface area contributed by atoms with Gasteiger partial charge < -0.3 is 10.1 Å². The van der Waals surface area contributed by atoms with E-state index in [9.17, 15) is 0 Å². The minimum absolute atomic E-state index is 0.540. The van der Waals surface area contributed by atoms with Crippen LogP contribution in [0.2, 0.25) is 5.02 Å². The lowest BCUT2D eigenvalue weighted by molar-refractivity contribution is 0.337. The first kappa shape index (κ1) is 14.2. The van der Waals surface area contributed by atoms with E-state index in [2.05, 4.69) is 11.4 Å². The van der Waals surface area contributed by atoms with Crippen molar-refractivity contribution in [3.63, 3.8) is 0 Å². The van der Waals surface area contributed by atoms with Crippen LogP contribution in [0.25, 0.3) is 0 Å². The van der Waals surface area contributed by atoms with Crippen LogP contribution in [-0.2, 0) is 6.54 Å². The molecule has 20 heavy (non-hydrogen) atoms. The number of nitriles is 1. The van der Waals surface area contributed by atoms with Crippen LogP contribution in [-0.4, -0.2) is 6.61 Å². The Morgan fingerprint density at radius 3 is 2.75 bits per heavy atom. The van der Waals surface area contributed by atoms with Gasteiger partial charge in [-0.1, -0.05) is 29.8 Å². The minimum atomic E-state index is 0.540. The van der Waals surface area contributed by atoms with Crippen molar-refractivity contribution in [2.24, 2.45) is 0 Å². The quantitative estimate of drug-likeness (QED) is 0.895. The fraction of sp³-hybridized carbons (Fsp3) is 0.188. The molecule has 0 amide bonds. The maximum Gasteiger partial charge on any atom is 0.124 e. The van der Waals surface area contributed by atoms with Crippen molar-refractivity contribution >= 4 is 17.3 Å². The lowest BCUT2D eigenvalue weighted by atomic mass is 10.2. The predicted molar refractivity (Wildman–Crippen MR) is 81.1 cm³/mol. The lowest BCUT2D eigenvalue weighted by Crippen LogP contribution is -2.03. The van der Waals surface area contributed by atoms with Gasteiger partial charge in [0.05, 0.1) is 28.9 Å². The van der Waals surface area contributed by atoms with E-state index in [1.54, 1.807) is 12.1 Å². The van der Waals surface area contributed by atoms with E-state index >= 15 is 0 Å². The molecule has 3 nitrogen and oxygen atoms in total. The van der Waals surface area contributed by atoms with E-state index in [4.69, 9.17) is 21.6 Å². The molecular formula is C16H15ClN2O. The Kier molecular flexibility index (Phi) is 4.86. The normalized spacial score (nSPS) is 9.85. The summed E-state index contributed by atoms with van der Waals surface area (Å²) < 4.78 is 5.58. The van der Waals surface area contributed by atoms with Crippen molar-refractivity contribution in [2.45, 2.75) is 13.5 Å². The van der Waals surface area contributed by atoms with Gasteiger partial charge in [-0.25, -0.2) is 0 Å². The predicted octanol–water partition coefficient (Wildman–Crippen LogP) is 4.22. The molecule has 0 saturated heterocycles. The number of rotatable bonds is 5. The van der Waals surface area contributed by atoms with Crippen LogP contribution >= 0.6 is 11.6 Å². The third-order valence-electron chi connectivity index (χ3n) is 2.84. The largest absolute Gasteiger partial charge is 0.494 e. The zero-order chi connectivity index (χ0) is 14.4. The first-order chi connectivity index (χ1) is 9.74. The van der Waals surface area contributed by atoms with E-state index in [1.807, 2.05) is 37.3 Å². The van der Waals surface area contributed by atoms with E-state index in [1.165, 1.54) is 0 Å². The summed E-state index contributed by atoms with van der Waals surface area (Å²) in [5.41, 5.74) is 2.42. The molecule has 4 heteroatoms. The third kappa shape index (κ3) is 3.43. The topological polar surface area (TPSA) is 45.0 Å². The number of benzene rings is 2. The zero-order valence-electron chi connectivity index (χ0n) is 11.2. The number of nitrogens with zero attached hydrogens (tertiary/aromatic N) is 1. The Balaban J connectivity index is 2.11. The number of hydrogen-bond donors (Lipinski definition) is 1. The van der Waals surface area contributed by atoms with Crippen LogP contribution in [0.1, 0.15) is 18.1 Å². The summed E-state index contributed by atoms with van der Waals surface area (Å²) in [5.74, 6) is 0.868. The summed E-state index contributed by atoms with van der Waals surface area (Å²) in [4.78, 5) is 0. The molecule has 0 fully saturated rings. The number of anilines is 1. The van der Waals surface area contributed by atoms with E-state index in [-0.39, 0.29) is 0 Å². The van der Waals surface area contributed by atoms with Crippen LogP contribution in [0.5, 0.6) is 5.75 Å². The molecule has 0 heterocycles. The molecule has 1 N–H and O–H groups in total. The molecule has 0 bridgehead atoms. The highest BCUT2D eigenvalue weighted by Crippen LogP contribution is 2.25. The Morgan fingerprint density at radius 2 is 2.05 bits per heavy atom. The number of ether oxygens (including phenoxy) is 1. The van der Waals surface area contributed by atoms with Crippen LogP contribution < -0.4 is 10.1 Å². The van der Waals surface area contributed by atoms with Crippen molar-refractivity contribution in [1.82, 2.24) is 0 Å². The molecule has 0 unspecified atom stereocenters. The second-order valence-corrected chi connectivity index (χ2v) is 4.61. The monoisotopic (exact) mass is 286 g/mol. The van der Waals surface area contributed by atoms with Gasteiger partial charge in [-0.15, -0.1) is 0 Å². The maximum atomic E-state index is 8.81. The molecule has 0 spiro atoms. The summed E-state index contributed by atoms with van der Waals surface area (Å²) in [6.07, 6.45) is 0. The Morgan fingerprint density at radius 1 is 1.25 bits per heavy atom. The molecule has 2 rings (SSSR count). The van der Waals surface area contributed by atoms with Crippen molar-refractivity contribution in [3.05, 3.63) is 58.6 Å². The minimum Gasteiger partial charge on any atom is -0.494 e. The summed E-state index contributed by atoms with van der Waals surface area (Å²) in [6.45, 7) is 3.21. The fourth-order valence-corrected chi connectivity index (χ4v) is 2.11. The number of halogens is 1. The summed E-state index contributed by atoms with van der Waals surface area (Å²) >= 11 is 6.13. The van der Waals surface area contributed by atoms with Gasteiger partial charge in [0.2, 0.25) is 0 Å². The molecule has 2 aromatic carbocycles. The van der Waals surface area contributed by atoms with Crippen LogP contribution in [0.4, 0.5) is 5.69 Å². The average Bonchev–Trinajstić information content (AvgIpc) is 2.47. The van der Waals surface area contributed by atoms with E-state index < -0.39 is 0 Å². The molecule has 0 saturated carbocycles. The second-order valence-electron chi connectivity index (χ2n) is 4.20. The zero-order valence-corrected chi connectivity index (χ0v) is 11.9. The van der Waals surface area contributed by atoms with Crippen molar-refractivity contribution < 1.29 is 4.74 Å². The summed E-state index contributed by atoms with van der Waals surface area (Å²) in [5, 5.41) is 12.6. The highest BCUT2D eigenvalue weighted by atomic mass is 35.5. The maximum absolute atomic E-state index is 8.81. The van der Waals surface area contributed by atoms with Crippen molar-refractivity contribution in [3.8, 4) is 11.8 Å². The lowest BCUT2D eigenvalue weighted by Gasteiger charge is -2.12. The molecule has 0 atom stereocenters. The molecule has 0 radical (unpaired) electrons. The third-order valence-corrected chi connectivity index (χ3v) is 3.15. The highest BCUT2D eigenvalue weighted by molar-refractivity contribution is 6.33. The highest BCUT2D eigenvalue weighted by Gasteiger charge is 2.05. The van der Waals surface area contributed by atoms with Gasteiger partial charge in [-0.3, -0.25) is 0 Å². The Labute approximate surface area is 123 Å². The van der Waals surface area contributed by atoms with Crippen LogP contribution in [0, 0.1) is 11.3 Å². The molecule has 0 aliphatic rings. The van der Waals surface area contributed by atoms with E-state index in [0.29, 0.717) is 23.7 Å². The van der Waals surface area contributed by atoms with Crippen molar-refractivity contribution in [2.75, 3.05) is 11.9 Å². The molecule has 2 aromatic rings. The standard InChI is InChI=1S/C16H15ClN2O/c1-2-20-16-6-4-3-5-13(16)11-19-15-8-7-12(10-18)9-14(15)17/h3-9,19H,2,11H2,1H3. The molecule has 0 aliphatic carbocycles. The smallest absolute Gasteiger partial charge is 0.124 e. The van der Waals surface area contributed by atoms with E-state index in [0.717, 1.165) is 17.0 Å². The summed E-state index contributed by atoms with van der Waals surface area (Å²) in [7, 11) is 0.